The van der Waals surface area contributed by atoms with Crippen LogP contribution in [0.5, 0.6) is 0 Å². The number of carbonyl (C=O) groups excluding carboxylic acids is 2. The molecule has 2 heterocycles. The number of aromatic nitrogens is 1. The molecule has 30 heavy (non-hydrogen) atoms. The number of sulfonamides is 1. The molecule has 1 N–H and O–H groups in total. The normalized spacial score (nSPS) is 15.2. The fraction of sp³-hybridized carbons (Fsp3) is 0.421. The Labute approximate surface area is 178 Å². The molecule has 0 radical (unpaired) electrons. The number of anilines is 1. The largest absolute Gasteiger partial charge is 0.340 e. The summed E-state index contributed by atoms with van der Waals surface area (Å²) in [5.41, 5.74) is 0. The second-order valence-corrected chi connectivity index (χ2v) is 10.1. The summed E-state index contributed by atoms with van der Waals surface area (Å²) in [4.78, 5) is 31.0. The quantitative estimate of drug-likeness (QED) is 0.692. The van der Waals surface area contributed by atoms with Gasteiger partial charge in [0.05, 0.1) is 4.90 Å². The van der Waals surface area contributed by atoms with Crippen molar-refractivity contribution in [2.45, 2.75) is 31.1 Å². The fourth-order valence-corrected chi connectivity index (χ4v) is 5.19. The van der Waals surface area contributed by atoms with Crippen molar-refractivity contribution in [2.75, 3.05) is 31.5 Å². The molecule has 1 aliphatic heterocycles. The van der Waals surface area contributed by atoms with Gasteiger partial charge in [-0.05, 0) is 37.6 Å². The zero-order valence-electron chi connectivity index (χ0n) is 16.5. The van der Waals surface area contributed by atoms with E-state index in [1.807, 2.05) is 6.92 Å². The van der Waals surface area contributed by atoms with Gasteiger partial charge in [0.1, 0.15) is 5.82 Å². The van der Waals surface area contributed by atoms with Gasteiger partial charge in [0, 0.05) is 50.1 Å². The van der Waals surface area contributed by atoms with Crippen molar-refractivity contribution in [3.05, 3.63) is 41.2 Å². The first kappa shape index (κ1) is 22.3. The van der Waals surface area contributed by atoms with Crippen molar-refractivity contribution in [1.29, 1.82) is 0 Å². The minimum absolute atomic E-state index is 0.0325. The molecule has 11 heteroatoms. The lowest BCUT2D eigenvalue weighted by atomic mass is 10.2. The maximum Gasteiger partial charge on any atom is 0.243 e. The van der Waals surface area contributed by atoms with Crippen LogP contribution in [-0.2, 0) is 19.6 Å². The monoisotopic (exact) mass is 454 g/mol. The van der Waals surface area contributed by atoms with Crippen molar-refractivity contribution >= 4 is 38.3 Å². The number of halogens is 1. The molecule has 2 aromatic rings. The molecular formula is C19H23FN4O4S2. The third-order valence-corrected chi connectivity index (χ3v) is 7.45. The first-order valence-corrected chi connectivity index (χ1v) is 11.8. The van der Waals surface area contributed by atoms with E-state index >= 15 is 0 Å². The Balaban J connectivity index is 1.42. The topological polar surface area (TPSA) is 99.7 Å². The summed E-state index contributed by atoms with van der Waals surface area (Å²) in [5, 5.41) is 3.25. The molecule has 0 atom stereocenters. The molecule has 1 fully saturated rings. The van der Waals surface area contributed by atoms with Crippen LogP contribution >= 0.6 is 11.3 Å². The smallest absolute Gasteiger partial charge is 0.243 e. The van der Waals surface area contributed by atoms with Gasteiger partial charge in [-0.15, -0.1) is 11.3 Å². The summed E-state index contributed by atoms with van der Waals surface area (Å²) in [6, 6.07) is 4.69. The summed E-state index contributed by atoms with van der Waals surface area (Å²) < 4.78 is 39.6. The molecule has 1 saturated heterocycles. The van der Waals surface area contributed by atoms with E-state index in [2.05, 4.69) is 10.3 Å². The highest BCUT2D eigenvalue weighted by Crippen LogP contribution is 2.19. The van der Waals surface area contributed by atoms with E-state index in [0.29, 0.717) is 11.6 Å². The summed E-state index contributed by atoms with van der Waals surface area (Å²) in [6.45, 7) is 2.81. The van der Waals surface area contributed by atoms with Gasteiger partial charge in [-0.2, -0.15) is 4.31 Å². The minimum Gasteiger partial charge on any atom is -0.340 e. The van der Waals surface area contributed by atoms with Gasteiger partial charge in [0.25, 0.3) is 0 Å². The van der Waals surface area contributed by atoms with Crippen LogP contribution in [0.25, 0.3) is 0 Å². The first-order chi connectivity index (χ1) is 14.3. The van der Waals surface area contributed by atoms with Crippen LogP contribution in [0.2, 0.25) is 0 Å². The molecule has 3 rings (SSSR count). The van der Waals surface area contributed by atoms with Crippen molar-refractivity contribution in [3.8, 4) is 0 Å². The average molecular weight is 455 g/mol. The Hall–Kier alpha value is -2.37. The third-order valence-electron chi connectivity index (χ3n) is 4.70. The van der Waals surface area contributed by atoms with Gasteiger partial charge >= 0.3 is 0 Å². The number of carbonyl (C=O) groups is 2. The highest BCUT2D eigenvalue weighted by molar-refractivity contribution is 7.89. The van der Waals surface area contributed by atoms with E-state index < -0.39 is 15.8 Å². The van der Waals surface area contributed by atoms with Crippen molar-refractivity contribution in [3.63, 3.8) is 0 Å². The van der Waals surface area contributed by atoms with Crippen LogP contribution in [-0.4, -0.2) is 60.6 Å². The maximum atomic E-state index is 13.0. The number of hydrogen-bond donors (Lipinski definition) is 1. The number of benzene rings is 1. The van der Waals surface area contributed by atoms with E-state index in [-0.39, 0.29) is 55.7 Å². The summed E-state index contributed by atoms with van der Waals surface area (Å²) in [7, 11) is -3.71. The number of piperazine rings is 1. The van der Waals surface area contributed by atoms with Gasteiger partial charge in [-0.1, -0.05) is 0 Å². The Kier molecular flexibility index (Phi) is 7.16. The van der Waals surface area contributed by atoms with Crippen molar-refractivity contribution in [2.24, 2.45) is 0 Å². The Morgan fingerprint density at radius 2 is 1.80 bits per heavy atom. The van der Waals surface area contributed by atoms with E-state index in [4.69, 9.17) is 0 Å². The molecular weight excluding hydrogens is 431 g/mol. The Morgan fingerprint density at radius 1 is 1.13 bits per heavy atom. The molecule has 0 bridgehead atoms. The van der Waals surface area contributed by atoms with Crippen molar-refractivity contribution < 1.29 is 22.4 Å². The summed E-state index contributed by atoms with van der Waals surface area (Å²) in [6.07, 6.45) is 2.52. The first-order valence-electron chi connectivity index (χ1n) is 9.51. The molecule has 1 aromatic carbocycles. The van der Waals surface area contributed by atoms with Gasteiger partial charge < -0.3 is 10.2 Å². The third kappa shape index (κ3) is 5.61. The second kappa shape index (κ2) is 9.63. The summed E-state index contributed by atoms with van der Waals surface area (Å²) >= 11 is 1.39. The summed E-state index contributed by atoms with van der Waals surface area (Å²) in [5.74, 6) is -0.793. The minimum atomic E-state index is -3.71. The predicted molar refractivity (Wildman–Crippen MR) is 111 cm³/mol. The van der Waals surface area contributed by atoms with E-state index in [9.17, 15) is 22.4 Å². The highest BCUT2D eigenvalue weighted by Gasteiger charge is 2.30. The molecule has 1 aliphatic rings. The van der Waals surface area contributed by atoms with E-state index in [0.717, 1.165) is 17.0 Å². The number of amides is 2. The molecule has 0 aliphatic carbocycles. The maximum absolute atomic E-state index is 13.0. The zero-order chi connectivity index (χ0) is 21.7. The van der Waals surface area contributed by atoms with Gasteiger partial charge in [-0.3, -0.25) is 9.59 Å². The standard InChI is InChI=1S/C19H23FN4O4S2/c1-14-13-21-19(29-14)22-17(25)3-2-4-18(26)23-9-11-24(12-10-23)30(27,28)16-7-5-15(20)6-8-16/h5-8,13H,2-4,9-12H2,1H3,(H,21,22,25). The number of aryl methyl sites for hydroxylation is 1. The number of thiazole rings is 1. The Bertz CT molecular complexity index is 1000. The number of nitrogens with zero attached hydrogens (tertiary/aromatic N) is 3. The van der Waals surface area contributed by atoms with Crippen LogP contribution in [0, 0.1) is 12.7 Å². The number of rotatable bonds is 7. The van der Waals surface area contributed by atoms with E-state index in [1.54, 1.807) is 11.1 Å². The molecule has 162 valence electrons. The number of hydrogen-bond acceptors (Lipinski definition) is 6. The molecule has 8 nitrogen and oxygen atoms in total. The van der Waals surface area contributed by atoms with Crippen molar-refractivity contribution in [1.82, 2.24) is 14.2 Å². The molecule has 0 unspecified atom stereocenters. The lowest BCUT2D eigenvalue weighted by Gasteiger charge is -2.34. The van der Waals surface area contributed by atoms with Crippen LogP contribution in [0.1, 0.15) is 24.1 Å². The lowest BCUT2D eigenvalue weighted by molar-refractivity contribution is -0.132. The van der Waals surface area contributed by atoms with Crippen LogP contribution in [0.15, 0.2) is 35.4 Å². The van der Waals surface area contributed by atoms with Gasteiger partial charge in [0.15, 0.2) is 5.13 Å². The molecule has 0 spiro atoms. The Morgan fingerprint density at radius 3 is 2.40 bits per heavy atom. The predicted octanol–water partition coefficient (Wildman–Crippen LogP) is 2.23. The van der Waals surface area contributed by atoms with Crippen LogP contribution < -0.4 is 5.32 Å². The van der Waals surface area contributed by atoms with Crippen LogP contribution in [0.3, 0.4) is 0 Å². The lowest BCUT2D eigenvalue weighted by Crippen LogP contribution is -2.50. The number of nitrogens with one attached hydrogen (secondary N) is 1. The van der Waals surface area contributed by atoms with E-state index in [1.165, 1.54) is 27.8 Å². The average Bonchev–Trinajstić information content (AvgIpc) is 3.12. The zero-order valence-corrected chi connectivity index (χ0v) is 18.1. The van der Waals surface area contributed by atoms with Gasteiger partial charge in [0.2, 0.25) is 21.8 Å². The molecule has 2 amide bonds. The highest BCUT2D eigenvalue weighted by atomic mass is 32.2. The van der Waals surface area contributed by atoms with Crippen LogP contribution in [0.4, 0.5) is 9.52 Å². The second-order valence-electron chi connectivity index (χ2n) is 6.92. The van der Waals surface area contributed by atoms with Gasteiger partial charge in [-0.25, -0.2) is 17.8 Å². The molecule has 1 aromatic heterocycles. The SMILES string of the molecule is Cc1cnc(NC(=O)CCCC(=O)N2CCN(S(=O)(=O)c3ccc(F)cc3)CC2)s1. The molecule has 0 saturated carbocycles. The fourth-order valence-electron chi connectivity index (χ4n) is 3.09.